The lowest BCUT2D eigenvalue weighted by molar-refractivity contribution is 0.00748. The minimum atomic E-state index is -0.0926. The van der Waals surface area contributed by atoms with Crippen molar-refractivity contribution in [2.24, 2.45) is 5.41 Å². The number of aliphatic hydroxyl groups excluding tert-OH is 1. The van der Waals surface area contributed by atoms with E-state index in [-0.39, 0.29) is 11.5 Å². The third-order valence-corrected chi connectivity index (χ3v) is 4.27. The van der Waals surface area contributed by atoms with E-state index in [1.165, 1.54) is 24.8 Å². The van der Waals surface area contributed by atoms with Crippen molar-refractivity contribution >= 4 is 0 Å². The largest absolute Gasteiger partial charge is 0.391 e. The van der Waals surface area contributed by atoms with Crippen molar-refractivity contribution in [2.75, 3.05) is 13.1 Å². The number of aliphatic hydroxyl groups is 1. The molecule has 1 spiro atoms. The van der Waals surface area contributed by atoms with Crippen molar-refractivity contribution in [1.29, 1.82) is 0 Å². The molecule has 1 aromatic rings. The first-order chi connectivity index (χ1) is 7.78. The van der Waals surface area contributed by atoms with E-state index < -0.39 is 0 Å². The number of rotatable bonds is 2. The maximum absolute atomic E-state index is 10.1. The number of hydrogen-bond acceptors (Lipinski definition) is 2. The maximum Gasteiger partial charge on any atom is 0.0735 e. The Morgan fingerprint density at radius 3 is 2.56 bits per heavy atom. The van der Waals surface area contributed by atoms with Gasteiger partial charge in [0.15, 0.2) is 0 Å². The number of benzene rings is 1. The zero-order chi connectivity index (χ0) is 11.0. The molecule has 86 valence electrons. The van der Waals surface area contributed by atoms with Gasteiger partial charge >= 0.3 is 0 Å². The van der Waals surface area contributed by atoms with Crippen LogP contribution in [0.25, 0.3) is 0 Å². The zero-order valence-electron chi connectivity index (χ0n) is 9.60. The van der Waals surface area contributed by atoms with Crippen LogP contribution in [0, 0.1) is 5.41 Å². The lowest BCUT2D eigenvalue weighted by Crippen LogP contribution is -2.40. The van der Waals surface area contributed by atoms with Crippen LogP contribution in [-0.2, 0) is 6.54 Å². The number of hydrogen-bond donors (Lipinski definition) is 1. The van der Waals surface area contributed by atoms with Crippen LogP contribution >= 0.6 is 0 Å². The molecule has 16 heavy (non-hydrogen) atoms. The molecular weight excluding hydrogens is 198 g/mol. The molecule has 0 bridgehead atoms. The summed E-state index contributed by atoms with van der Waals surface area (Å²) in [4.78, 5) is 2.40. The molecule has 1 N–H and O–H groups in total. The van der Waals surface area contributed by atoms with Crippen LogP contribution in [0.2, 0.25) is 0 Å². The highest BCUT2D eigenvalue weighted by Crippen LogP contribution is 2.48. The second-order valence-electron chi connectivity index (χ2n) is 5.39. The van der Waals surface area contributed by atoms with Gasteiger partial charge in [-0.05, 0) is 18.4 Å². The highest BCUT2D eigenvalue weighted by molar-refractivity contribution is 5.15. The van der Waals surface area contributed by atoms with Crippen LogP contribution in [-0.4, -0.2) is 29.2 Å². The highest BCUT2D eigenvalue weighted by atomic mass is 16.3. The summed E-state index contributed by atoms with van der Waals surface area (Å²) in [5.74, 6) is 0. The molecule has 0 amide bonds. The molecule has 1 aliphatic heterocycles. The summed E-state index contributed by atoms with van der Waals surface area (Å²) >= 11 is 0. The average molecular weight is 217 g/mol. The fourth-order valence-corrected chi connectivity index (χ4v) is 3.14. The van der Waals surface area contributed by atoms with Gasteiger partial charge in [-0.2, -0.15) is 0 Å². The van der Waals surface area contributed by atoms with Gasteiger partial charge in [0.25, 0.3) is 0 Å². The van der Waals surface area contributed by atoms with E-state index in [1.807, 2.05) is 0 Å². The van der Waals surface area contributed by atoms with Crippen molar-refractivity contribution in [2.45, 2.75) is 31.9 Å². The van der Waals surface area contributed by atoms with E-state index in [0.717, 1.165) is 19.6 Å². The Kier molecular flexibility index (Phi) is 2.49. The normalized spacial score (nSPS) is 28.2. The molecule has 0 radical (unpaired) electrons. The zero-order valence-corrected chi connectivity index (χ0v) is 9.60. The molecule has 0 aromatic heterocycles. The molecular formula is C14H19NO. The second-order valence-corrected chi connectivity index (χ2v) is 5.39. The molecule has 2 aliphatic rings. The third kappa shape index (κ3) is 1.66. The first-order valence-electron chi connectivity index (χ1n) is 6.23. The summed E-state index contributed by atoms with van der Waals surface area (Å²) in [6.07, 6.45) is 3.65. The molecule has 1 aliphatic carbocycles. The van der Waals surface area contributed by atoms with Gasteiger partial charge in [-0.15, -0.1) is 0 Å². The Hall–Kier alpha value is -0.860. The Bertz CT molecular complexity index is 358. The van der Waals surface area contributed by atoms with E-state index in [0.29, 0.717) is 0 Å². The topological polar surface area (TPSA) is 23.5 Å². The average Bonchev–Trinajstić information content (AvgIpc) is 2.56. The fraction of sp³-hybridized carbons (Fsp3) is 0.571. The van der Waals surface area contributed by atoms with Gasteiger partial charge in [-0.1, -0.05) is 36.8 Å². The number of β-amino-alcohol motifs (C(OH)–C–C–N with tert-alkyl or cyclic N) is 1. The van der Waals surface area contributed by atoms with Gasteiger partial charge in [0.05, 0.1) is 6.10 Å². The smallest absolute Gasteiger partial charge is 0.0735 e. The van der Waals surface area contributed by atoms with Gasteiger partial charge < -0.3 is 5.11 Å². The summed E-state index contributed by atoms with van der Waals surface area (Å²) in [6, 6.07) is 10.5. The third-order valence-electron chi connectivity index (χ3n) is 4.27. The van der Waals surface area contributed by atoms with Gasteiger partial charge in [-0.3, -0.25) is 4.90 Å². The summed E-state index contributed by atoms with van der Waals surface area (Å²) < 4.78 is 0. The first kappa shape index (κ1) is 10.3. The standard InChI is InChI=1S/C14H19NO/c16-13-10-15(11-14(13)7-4-8-14)9-12-5-2-1-3-6-12/h1-3,5-6,13,16H,4,7-11H2. The van der Waals surface area contributed by atoms with E-state index in [4.69, 9.17) is 0 Å². The van der Waals surface area contributed by atoms with Gasteiger partial charge in [0, 0.05) is 25.0 Å². The van der Waals surface area contributed by atoms with Gasteiger partial charge in [-0.25, -0.2) is 0 Å². The Labute approximate surface area is 96.9 Å². The Morgan fingerprint density at radius 2 is 2.00 bits per heavy atom. The molecule has 2 nitrogen and oxygen atoms in total. The van der Waals surface area contributed by atoms with Crippen LogP contribution in [0.1, 0.15) is 24.8 Å². The SMILES string of the molecule is OC1CN(Cc2ccccc2)CC12CCC2. The van der Waals surface area contributed by atoms with Crippen LogP contribution in [0.3, 0.4) is 0 Å². The molecule has 2 heteroatoms. The molecule has 1 aromatic carbocycles. The summed E-state index contributed by atoms with van der Waals surface area (Å²) in [7, 11) is 0. The first-order valence-corrected chi connectivity index (χ1v) is 6.23. The Balaban J connectivity index is 1.66. The van der Waals surface area contributed by atoms with Crippen LogP contribution in [0.5, 0.6) is 0 Å². The molecule has 1 atom stereocenters. The number of nitrogens with zero attached hydrogens (tertiary/aromatic N) is 1. The monoisotopic (exact) mass is 217 g/mol. The van der Waals surface area contributed by atoms with E-state index >= 15 is 0 Å². The van der Waals surface area contributed by atoms with E-state index in [2.05, 4.69) is 35.2 Å². The summed E-state index contributed by atoms with van der Waals surface area (Å²) in [5.41, 5.74) is 1.61. The highest BCUT2D eigenvalue weighted by Gasteiger charge is 2.49. The van der Waals surface area contributed by atoms with Gasteiger partial charge in [0.2, 0.25) is 0 Å². The fourth-order valence-electron chi connectivity index (χ4n) is 3.14. The molecule has 1 saturated heterocycles. The maximum atomic E-state index is 10.1. The van der Waals surface area contributed by atoms with Crippen molar-refractivity contribution < 1.29 is 5.11 Å². The van der Waals surface area contributed by atoms with Crippen molar-refractivity contribution in [3.8, 4) is 0 Å². The van der Waals surface area contributed by atoms with Crippen LogP contribution < -0.4 is 0 Å². The van der Waals surface area contributed by atoms with Crippen LogP contribution in [0.15, 0.2) is 30.3 Å². The molecule has 2 fully saturated rings. The second kappa shape index (κ2) is 3.86. The summed E-state index contributed by atoms with van der Waals surface area (Å²) in [6.45, 7) is 2.93. The molecule has 1 heterocycles. The predicted octanol–water partition coefficient (Wildman–Crippen LogP) is 2.03. The van der Waals surface area contributed by atoms with Crippen LogP contribution in [0.4, 0.5) is 0 Å². The van der Waals surface area contributed by atoms with Crippen molar-refractivity contribution in [3.63, 3.8) is 0 Å². The minimum absolute atomic E-state index is 0.0926. The van der Waals surface area contributed by atoms with E-state index in [9.17, 15) is 5.11 Å². The molecule has 3 rings (SSSR count). The van der Waals surface area contributed by atoms with Crippen molar-refractivity contribution in [1.82, 2.24) is 4.90 Å². The minimum Gasteiger partial charge on any atom is -0.391 e. The molecule has 1 unspecified atom stereocenters. The quantitative estimate of drug-likeness (QED) is 0.819. The lowest BCUT2D eigenvalue weighted by atomic mass is 9.67. The van der Waals surface area contributed by atoms with Crippen molar-refractivity contribution in [3.05, 3.63) is 35.9 Å². The Morgan fingerprint density at radius 1 is 1.25 bits per heavy atom. The molecule has 1 saturated carbocycles. The summed E-state index contributed by atoms with van der Waals surface area (Å²) in [5, 5.41) is 10.1. The number of likely N-dealkylation sites (tertiary alicyclic amines) is 1. The predicted molar refractivity (Wildman–Crippen MR) is 64.0 cm³/mol. The lowest BCUT2D eigenvalue weighted by Gasteiger charge is -2.40. The van der Waals surface area contributed by atoms with E-state index in [1.54, 1.807) is 0 Å². The van der Waals surface area contributed by atoms with Gasteiger partial charge in [0.1, 0.15) is 0 Å².